The summed E-state index contributed by atoms with van der Waals surface area (Å²) in [6.45, 7) is 0. The predicted molar refractivity (Wildman–Crippen MR) is 60.2 cm³/mol. The van der Waals surface area contributed by atoms with Gasteiger partial charge in [0.15, 0.2) is 0 Å². The van der Waals surface area contributed by atoms with Crippen LogP contribution in [0.5, 0.6) is 0 Å². The number of alkyl halides is 3. The van der Waals surface area contributed by atoms with E-state index in [1.807, 2.05) is 0 Å². The van der Waals surface area contributed by atoms with Gasteiger partial charge in [-0.1, -0.05) is 15.9 Å². The Morgan fingerprint density at radius 2 is 2.00 bits per heavy atom. The zero-order valence-electron chi connectivity index (χ0n) is 8.25. The Morgan fingerprint density at radius 3 is 2.47 bits per heavy atom. The Bertz CT molecular complexity index is 483. The quantitative estimate of drug-likeness (QED) is 0.651. The second kappa shape index (κ2) is 4.79. The first-order valence-corrected chi connectivity index (χ1v) is 5.08. The van der Waals surface area contributed by atoms with Crippen LogP contribution >= 0.6 is 15.9 Å². The lowest BCUT2D eigenvalue weighted by Gasteiger charge is -2.13. The highest BCUT2D eigenvalue weighted by atomic mass is 79.9. The first-order valence-electron chi connectivity index (χ1n) is 4.29. The second-order valence-corrected chi connectivity index (χ2v) is 4.04. The third kappa shape index (κ3) is 3.48. The number of rotatable bonds is 2. The van der Waals surface area contributed by atoms with Crippen LogP contribution in [0.25, 0.3) is 6.08 Å². The van der Waals surface area contributed by atoms with Gasteiger partial charge >= 0.3 is 12.1 Å². The molecule has 3 N–H and O–H groups in total. The summed E-state index contributed by atoms with van der Waals surface area (Å²) in [5.41, 5.74) is 3.94. The molecule has 0 saturated carbocycles. The summed E-state index contributed by atoms with van der Waals surface area (Å²) in [5, 5.41) is 8.40. The van der Waals surface area contributed by atoms with E-state index in [1.54, 1.807) is 0 Å². The molecule has 0 amide bonds. The van der Waals surface area contributed by atoms with Gasteiger partial charge in [-0.25, -0.2) is 4.79 Å². The van der Waals surface area contributed by atoms with Gasteiger partial charge in [-0.2, -0.15) is 13.2 Å². The number of nitrogens with two attached hydrogens (primary N) is 1. The van der Waals surface area contributed by atoms with Gasteiger partial charge in [-0.15, -0.1) is 0 Å². The fraction of sp³-hybridized carbons (Fsp3) is 0.100. The van der Waals surface area contributed by atoms with Gasteiger partial charge in [0, 0.05) is 21.8 Å². The van der Waals surface area contributed by atoms with Crippen molar-refractivity contribution in [2.24, 2.45) is 0 Å². The lowest BCUT2D eigenvalue weighted by molar-refractivity contribution is -0.138. The van der Waals surface area contributed by atoms with Crippen LogP contribution in [0.15, 0.2) is 22.7 Å². The Kier molecular flexibility index (Phi) is 3.82. The van der Waals surface area contributed by atoms with E-state index >= 15 is 0 Å². The minimum atomic E-state index is -4.60. The molecule has 17 heavy (non-hydrogen) atoms. The van der Waals surface area contributed by atoms with E-state index in [0.29, 0.717) is 6.08 Å². The Labute approximate surface area is 103 Å². The van der Waals surface area contributed by atoms with Crippen LogP contribution in [0.2, 0.25) is 0 Å². The smallest absolute Gasteiger partial charge is 0.417 e. The van der Waals surface area contributed by atoms with Crippen molar-refractivity contribution in [3.8, 4) is 0 Å². The molecule has 0 bridgehead atoms. The summed E-state index contributed by atoms with van der Waals surface area (Å²) in [6, 6.07) is 2.12. The van der Waals surface area contributed by atoms with Crippen LogP contribution in [0.1, 0.15) is 11.1 Å². The fourth-order valence-electron chi connectivity index (χ4n) is 1.21. The number of carboxylic acids is 1. The van der Waals surface area contributed by atoms with Crippen molar-refractivity contribution in [2.45, 2.75) is 6.18 Å². The van der Waals surface area contributed by atoms with Crippen molar-refractivity contribution < 1.29 is 23.1 Å². The number of aliphatic carboxylic acids is 1. The van der Waals surface area contributed by atoms with Crippen molar-refractivity contribution in [1.29, 1.82) is 0 Å². The third-order valence-electron chi connectivity index (χ3n) is 1.87. The van der Waals surface area contributed by atoms with Gasteiger partial charge in [0.2, 0.25) is 0 Å². The van der Waals surface area contributed by atoms with E-state index < -0.39 is 17.7 Å². The molecule has 0 heterocycles. The molecule has 0 spiro atoms. The molecule has 0 atom stereocenters. The molecule has 0 unspecified atom stereocenters. The Hall–Kier alpha value is -1.50. The minimum Gasteiger partial charge on any atom is -0.478 e. The maximum atomic E-state index is 12.7. The summed E-state index contributed by atoms with van der Waals surface area (Å²) >= 11 is 2.90. The highest BCUT2D eigenvalue weighted by Crippen LogP contribution is 2.37. The van der Waals surface area contributed by atoms with Gasteiger partial charge in [0.05, 0.1) is 5.56 Å². The van der Waals surface area contributed by atoms with E-state index in [-0.39, 0.29) is 15.7 Å². The molecule has 0 radical (unpaired) electrons. The van der Waals surface area contributed by atoms with Gasteiger partial charge in [0.25, 0.3) is 0 Å². The number of benzene rings is 1. The van der Waals surface area contributed by atoms with Crippen LogP contribution in [0.3, 0.4) is 0 Å². The second-order valence-electron chi connectivity index (χ2n) is 3.13. The third-order valence-corrected chi connectivity index (χ3v) is 2.33. The molecular weight excluding hydrogens is 303 g/mol. The molecule has 0 aliphatic heterocycles. The van der Waals surface area contributed by atoms with E-state index in [4.69, 9.17) is 10.8 Å². The zero-order chi connectivity index (χ0) is 13.2. The zero-order valence-corrected chi connectivity index (χ0v) is 9.84. The monoisotopic (exact) mass is 309 g/mol. The summed E-state index contributed by atoms with van der Waals surface area (Å²) in [7, 11) is 0. The highest BCUT2D eigenvalue weighted by molar-refractivity contribution is 9.10. The first-order chi connectivity index (χ1) is 7.71. The standard InChI is InChI=1S/C10H7BrF3NO2/c11-5-3-7(10(12,13)14)6(8(15)4-5)1-2-9(16)17/h1-4H,15H2,(H,16,17)/b2-1+. The number of nitrogen functional groups attached to an aromatic ring is 1. The maximum Gasteiger partial charge on any atom is 0.417 e. The Balaban J connectivity index is 3.41. The largest absolute Gasteiger partial charge is 0.478 e. The van der Waals surface area contributed by atoms with E-state index in [0.717, 1.165) is 12.1 Å². The molecule has 7 heteroatoms. The first kappa shape index (κ1) is 13.6. The molecule has 3 nitrogen and oxygen atoms in total. The van der Waals surface area contributed by atoms with Crippen LogP contribution < -0.4 is 5.73 Å². The van der Waals surface area contributed by atoms with Crippen LogP contribution in [0, 0.1) is 0 Å². The molecule has 92 valence electrons. The molecule has 1 rings (SSSR count). The number of hydrogen-bond acceptors (Lipinski definition) is 2. The lowest BCUT2D eigenvalue weighted by atomic mass is 10.0. The minimum absolute atomic E-state index is 0.149. The summed E-state index contributed by atoms with van der Waals surface area (Å²) in [6.07, 6.45) is -3.17. The lowest BCUT2D eigenvalue weighted by Crippen LogP contribution is -2.09. The van der Waals surface area contributed by atoms with Gasteiger partial charge in [-0.05, 0) is 18.2 Å². The average molecular weight is 310 g/mol. The molecule has 0 aromatic heterocycles. The van der Waals surface area contributed by atoms with E-state index in [9.17, 15) is 18.0 Å². The molecule has 0 fully saturated rings. The van der Waals surface area contributed by atoms with Crippen LogP contribution in [-0.2, 0) is 11.0 Å². The topological polar surface area (TPSA) is 63.3 Å². The molecule has 0 aliphatic carbocycles. The van der Waals surface area contributed by atoms with E-state index in [2.05, 4.69) is 15.9 Å². The highest BCUT2D eigenvalue weighted by Gasteiger charge is 2.34. The van der Waals surface area contributed by atoms with Crippen molar-refractivity contribution >= 4 is 33.7 Å². The van der Waals surface area contributed by atoms with Gasteiger partial charge in [-0.3, -0.25) is 0 Å². The van der Waals surface area contributed by atoms with Crippen molar-refractivity contribution in [1.82, 2.24) is 0 Å². The number of carbonyl (C=O) groups is 1. The normalized spacial score (nSPS) is 12.0. The van der Waals surface area contributed by atoms with Crippen molar-refractivity contribution in [3.63, 3.8) is 0 Å². The van der Waals surface area contributed by atoms with Crippen molar-refractivity contribution in [2.75, 3.05) is 5.73 Å². The van der Waals surface area contributed by atoms with Crippen LogP contribution in [0.4, 0.5) is 18.9 Å². The molecule has 0 saturated heterocycles. The number of hydrogen-bond donors (Lipinski definition) is 2. The van der Waals surface area contributed by atoms with Gasteiger partial charge in [0.1, 0.15) is 0 Å². The van der Waals surface area contributed by atoms with Gasteiger partial charge < -0.3 is 10.8 Å². The summed E-state index contributed by atoms with van der Waals surface area (Å²) in [5.74, 6) is -1.35. The molecular formula is C10H7BrF3NO2. The number of carboxylic acid groups (broad SMARTS) is 1. The SMILES string of the molecule is Nc1cc(Br)cc(C(F)(F)F)c1/C=C/C(=O)O. The summed E-state index contributed by atoms with van der Waals surface area (Å²) < 4.78 is 38.2. The average Bonchev–Trinajstić information content (AvgIpc) is 2.13. The summed E-state index contributed by atoms with van der Waals surface area (Å²) in [4.78, 5) is 10.3. The predicted octanol–water partition coefficient (Wildman–Crippen LogP) is 3.15. The molecule has 1 aromatic rings. The Morgan fingerprint density at radius 1 is 1.41 bits per heavy atom. The molecule has 1 aromatic carbocycles. The van der Waals surface area contributed by atoms with Crippen molar-refractivity contribution in [3.05, 3.63) is 33.8 Å². The number of halogens is 4. The maximum absolute atomic E-state index is 12.7. The van der Waals surface area contributed by atoms with E-state index in [1.165, 1.54) is 6.07 Å². The number of anilines is 1. The molecule has 0 aliphatic rings. The van der Waals surface area contributed by atoms with Crippen LogP contribution in [-0.4, -0.2) is 11.1 Å². The fourth-order valence-corrected chi connectivity index (χ4v) is 1.69.